The number of ether oxygens (including phenoxy) is 1. The molecule has 2 heterocycles. The quantitative estimate of drug-likeness (QED) is 0.551. The predicted octanol–water partition coefficient (Wildman–Crippen LogP) is 2.35. The van der Waals surface area contributed by atoms with Gasteiger partial charge in [-0.3, -0.25) is 19.3 Å². The van der Waals surface area contributed by atoms with Crippen molar-refractivity contribution in [3.05, 3.63) is 35.4 Å². The predicted molar refractivity (Wildman–Crippen MR) is 110 cm³/mol. The minimum atomic E-state index is -0.932. The fraction of sp³-hybridized carbons (Fsp3) is 0.524. The van der Waals surface area contributed by atoms with Crippen LogP contribution in [0.2, 0.25) is 0 Å². The highest BCUT2D eigenvalue weighted by molar-refractivity contribution is 7.99. The summed E-state index contributed by atoms with van der Waals surface area (Å²) in [4.78, 5) is 54.1. The Labute approximate surface area is 174 Å². The number of imide groups is 1. The van der Waals surface area contributed by atoms with E-state index in [4.69, 9.17) is 4.74 Å². The molecule has 29 heavy (non-hydrogen) atoms. The summed E-state index contributed by atoms with van der Waals surface area (Å²) < 4.78 is 5.44. The van der Waals surface area contributed by atoms with Crippen LogP contribution < -0.4 is 0 Å². The van der Waals surface area contributed by atoms with E-state index in [2.05, 4.69) is 0 Å². The van der Waals surface area contributed by atoms with E-state index in [1.807, 2.05) is 6.26 Å². The number of likely N-dealkylation sites (tertiary alicyclic amines) is 1. The van der Waals surface area contributed by atoms with Crippen LogP contribution >= 0.6 is 11.8 Å². The van der Waals surface area contributed by atoms with Crippen molar-refractivity contribution in [3.8, 4) is 0 Å². The molecule has 0 saturated carbocycles. The summed E-state index contributed by atoms with van der Waals surface area (Å²) >= 11 is 1.55. The van der Waals surface area contributed by atoms with Gasteiger partial charge in [0.25, 0.3) is 11.8 Å². The van der Waals surface area contributed by atoms with E-state index in [0.29, 0.717) is 24.1 Å². The number of benzene rings is 1. The van der Waals surface area contributed by atoms with Gasteiger partial charge in [0, 0.05) is 11.8 Å². The third-order valence-corrected chi connectivity index (χ3v) is 6.15. The Hall–Kier alpha value is -2.35. The molecule has 3 rings (SSSR count). The molecule has 0 bridgehead atoms. The van der Waals surface area contributed by atoms with Gasteiger partial charge in [0.05, 0.1) is 11.1 Å². The maximum Gasteiger partial charge on any atom is 0.329 e. The van der Waals surface area contributed by atoms with Crippen molar-refractivity contribution < 1.29 is 23.9 Å². The topological polar surface area (TPSA) is 84.0 Å². The normalized spacial score (nSPS) is 23.3. The minimum absolute atomic E-state index is 0.00750. The molecule has 0 aromatic heterocycles. The van der Waals surface area contributed by atoms with Gasteiger partial charge < -0.3 is 9.64 Å². The maximum atomic E-state index is 13.3. The summed E-state index contributed by atoms with van der Waals surface area (Å²) in [6, 6.07) is 4.83. The Morgan fingerprint density at radius 2 is 1.69 bits per heavy atom. The lowest BCUT2D eigenvalue weighted by Gasteiger charge is -2.41. The molecule has 1 saturated heterocycles. The number of amides is 3. The molecule has 7 nitrogen and oxygen atoms in total. The van der Waals surface area contributed by atoms with E-state index in [1.54, 1.807) is 63.7 Å². The largest absolute Gasteiger partial charge is 0.458 e. The second kappa shape index (κ2) is 7.82. The van der Waals surface area contributed by atoms with E-state index in [0.717, 1.165) is 4.90 Å². The Morgan fingerprint density at radius 3 is 2.17 bits per heavy atom. The van der Waals surface area contributed by atoms with Gasteiger partial charge in [0.15, 0.2) is 0 Å². The number of esters is 1. The lowest BCUT2D eigenvalue weighted by atomic mass is 10.0. The van der Waals surface area contributed by atoms with Crippen LogP contribution in [0.3, 0.4) is 0 Å². The van der Waals surface area contributed by atoms with Crippen molar-refractivity contribution in [3.63, 3.8) is 0 Å². The number of carbonyl (C=O) groups is 4. The molecule has 0 unspecified atom stereocenters. The molecule has 0 spiro atoms. The number of thioether (sulfide) groups is 1. The Balaban J connectivity index is 1.89. The first-order chi connectivity index (χ1) is 13.5. The summed E-state index contributed by atoms with van der Waals surface area (Å²) in [6.45, 7) is 7.28. The lowest BCUT2D eigenvalue weighted by molar-refractivity contribution is -0.165. The van der Waals surface area contributed by atoms with Gasteiger partial charge in [-0.05, 0) is 52.5 Å². The van der Waals surface area contributed by atoms with Gasteiger partial charge in [-0.2, -0.15) is 11.8 Å². The molecule has 0 N–H and O–H groups in total. The van der Waals surface area contributed by atoms with E-state index in [9.17, 15) is 19.2 Å². The van der Waals surface area contributed by atoms with Gasteiger partial charge >= 0.3 is 5.97 Å². The van der Waals surface area contributed by atoms with Gasteiger partial charge in [-0.15, -0.1) is 0 Å². The molecule has 2 aliphatic heterocycles. The zero-order valence-corrected chi connectivity index (χ0v) is 18.1. The fourth-order valence-corrected chi connectivity index (χ4v) is 4.35. The summed E-state index contributed by atoms with van der Waals surface area (Å²) in [5.41, 5.74) is -0.0583. The Bertz CT molecular complexity index is 828. The van der Waals surface area contributed by atoms with Crippen LogP contribution in [0.15, 0.2) is 24.3 Å². The molecular formula is C21H26N2O5S. The van der Waals surface area contributed by atoms with Crippen LogP contribution in [-0.2, 0) is 14.3 Å². The van der Waals surface area contributed by atoms with Crippen molar-refractivity contribution in [1.29, 1.82) is 0 Å². The highest BCUT2D eigenvalue weighted by Crippen LogP contribution is 2.32. The van der Waals surface area contributed by atoms with E-state index >= 15 is 0 Å². The van der Waals surface area contributed by atoms with E-state index < -0.39 is 41.4 Å². The van der Waals surface area contributed by atoms with Crippen molar-refractivity contribution in [2.45, 2.75) is 57.1 Å². The average molecular weight is 419 g/mol. The van der Waals surface area contributed by atoms with Crippen LogP contribution in [0.5, 0.6) is 0 Å². The molecular weight excluding hydrogens is 392 g/mol. The smallest absolute Gasteiger partial charge is 0.329 e. The summed E-state index contributed by atoms with van der Waals surface area (Å²) in [5, 5.41) is -0.00750. The standard InChI is InChI=1S/C21H26N2O5S/c1-12(20(27)28-21(2,3)4)22-11-13(29-5)10-16(19(22)26)23-17(24)14-8-6-7-9-15(14)18(23)25/h6-9,12-13,16H,10-11H2,1-5H3/t12-,13-,16-/m0/s1. The molecule has 0 aliphatic carbocycles. The molecule has 3 amide bonds. The van der Waals surface area contributed by atoms with Gasteiger partial charge in [0.1, 0.15) is 17.7 Å². The van der Waals surface area contributed by atoms with Gasteiger partial charge in [-0.25, -0.2) is 4.79 Å². The number of hydrogen-bond donors (Lipinski definition) is 0. The average Bonchev–Trinajstić information content (AvgIpc) is 2.91. The highest BCUT2D eigenvalue weighted by atomic mass is 32.2. The van der Waals surface area contributed by atoms with Crippen molar-refractivity contribution >= 4 is 35.5 Å². The highest BCUT2D eigenvalue weighted by Gasteiger charge is 2.48. The van der Waals surface area contributed by atoms with Crippen LogP contribution in [0.4, 0.5) is 0 Å². The van der Waals surface area contributed by atoms with E-state index in [1.165, 1.54) is 4.90 Å². The van der Waals surface area contributed by atoms with E-state index in [-0.39, 0.29) is 5.25 Å². The first-order valence-corrected chi connectivity index (χ1v) is 10.9. The van der Waals surface area contributed by atoms with Crippen molar-refractivity contribution in [2.75, 3.05) is 12.8 Å². The summed E-state index contributed by atoms with van der Waals surface area (Å²) in [5.74, 6) is -1.83. The molecule has 1 fully saturated rings. The second-order valence-corrected chi connectivity index (χ2v) is 9.47. The molecule has 8 heteroatoms. The number of hydrogen-bond acceptors (Lipinski definition) is 6. The van der Waals surface area contributed by atoms with Crippen LogP contribution in [0.1, 0.15) is 54.8 Å². The second-order valence-electron chi connectivity index (χ2n) is 8.34. The molecule has 1 aromatic carbocycles. The minimum Gasteiger partial charge on any atom is -0.458 e. The number of rotatable bonds is 4. The maximum absolute atomic E-state index is 13.3. The van der Waals surface area contributed by atoms with Gasteiger partial charge in [0.2, 0.25) is 5.91 Å². The third-order valence-electron chi connectivity index (χ3n) is 5.14. The summed E-state index contributed by atoms with van der Waals surface area (Å²) in [6.07, 6.45) is 2.28. The van der Waals surface area contributed by atoms with Crippen LogP contribution in [-0.4, -0.2) is 69.2 Å². The molecule has 3 atom stereocenters. The number of carbonyl (C=O) groups excluding carboxylic acids is 4. The molecule has 2 aliphatic rings. The number of nitrogens with zero attached hydrogens (tertiary/aromatic N) is 2. The zero-order chi connectivity index (χ0) is 21.5. The summed E-state index contributed by atoms with van der Waals surface area (Å²) in [7, 11) is 0. The van der Waals surface area contributed by atoms with Crippen molar-refractivity contribution in [2.24, 2.45) is 0 Å². The van der Waals surface area contributed by atoms with Crippen molar-refractivity contribution in [1.82, 2.24) is 9.80 Å². The lowest BCUT2D eigenvalue weighted by Crippen LogP contribution is -2.61. The van der Waals surface area contributed by atoms with Crippen LogP contribution in [0.25, 0.3) is 0 Å². The first kappa shape index (κ1) is 21.4. The monoisotopic (exact) mass is 418 g/mol. The SMILES string of the molecule is CS[C@H]1C[C@H](N2C(=O)c3ccccc3C2=O)C(=O)N([C@@H](C)C(=O)OC(C)(C)C)C1. The van der Waals surface area contributed by atoms with Crippen LogP contribution in [0, 0.1) is 0 Å². The molecule has 156 valence electrons. The Morgan fingerprint density at radius 1 is 1.14 bits per heavy atom. The number of fused-ring (bicyclic) bond motifs is 1. The van der Waals surface area contributed by atoms with Gasteiger partial charge in [-0.1, -0.05) is 12.1 Å². The zero-order valence-electron chi connectivity index (χ0n) is 17.3. The first-order valence-electron chi connectivity index (χ1n) is 9.58. The number of piperidine rings is 1. The third kappa shape index (κ3) is 4.03. The molecule has 0 radical (unpaired) electrons. The molecule has 1 aromatic rings. The Kier molecular flexibility index (Phi) is 5.76. The fourth-order valence-electron chi connectivity index (χ4n) is 3.67.